The zero-order valence-electron chi connectivity index (χ0n) is 21.1. The van der Waals surface area contributed by atoms with E-state index in [-0.39, 0.29) is 37.6 Å². The highest BCUT2D eigenvalue weighted by Gasteiger charge is 2.34. The molecule has 202 valence electrons. The van der Waals surface area contributed by atoms with Crippen molar-refractivity contribution in [2.45, 2.75) is 32.7 Å². The van der Waals surface area contributed by atoms with Gasteiger partial charge in [0.05, 0.1) is 29.3 Å². The molecule has 0 bridgehead atoms. The molecule has 0 saturated carbocycles. The van der Waals surface area contributed by atoms with E-state index < -0.39 is 5.82 Å². The zero-order valence-corrected chi connectivity index (χ0v) is 22.7. The molecule has 2 N–H and O–H groups in total. The Hall–Kier alpha value is -3.64. The molecule has 1 aliphatic heterocycles. The van der Waals surface area contributed by atoms with Gasteiger partial charge in [0, 0.05) is 49.1 Å². The SMILES string of the molecule is COCC1Cn2cc(-c3cc(NC(=O)c4csc(C)n4)ncc3Cl)cc2C(=O)N1Cc1cc(F)ccc1CO. The maximum absolute atomic E-state index is 14.0. The molecule has 0 fully saturated rings. The summed E-state index contributed by atoms with van der Waals surface area (Å²) in [5.74, 6) is -0.799. The summed E-state index contributed by atoms with van der Waals surface area (Å²) >= 11 is 7.86. The van der Waals surface area contributed by atoms with E-state index in [0.717, 1.165) is 5.01 Å². The number of nitrogens with one attached hydrogen (secondary N) is 1. The Morgan fingerprint density at radius 3 is 2.85 bits per heavy atom. The molecule has 1 aromatic carbocycles. The fourth-order valence-electron chi connectivity index (χ4n) is 4.62. The van der Waals surface area contributed by atoms with Gasteiger partial charge < -0.3 is 24.6 Å². The average Bonchev–Trinajstić information content (AvgIpc) is 3.54. The Morgan fingerprint density at radius 2 is 2.13 bits per heavy atom. The van der Waals surface area contributed by atoms with Crippen molar-refractivity contribution in [1.29, 1.82) is 0 Å². The van der Waals surface area contributed by atoms with Crippen LogP contribution < -0.4 is 5.32 Å². The van der Waals surface area contributed by atoms with Crippen LogP contribution in [0, 0.1) is 12.7 Å². The van der Waals surface area contributed by atoms with Gasteiger partial charge in [0.25, 0.3) is 11.8 Å². The van der Waals surface area contributed by atoms with Crippen molar-refractivity contribution in [1.82, 2.24) is 19.4 Å². The third-order valence-electron chi connectivity index (χ3n) is 6.52. The topological polar surface area (TPSA) is 110 Å². The van der Waals surface area contributed by atoms with Crippen molar-refractivity contribution < 1.29 is 23.8 Å². The van der Waals surface area contributed by atoms with Crippen LogP contribution in [0.25, 0.3) is 11.1 Å². The molecule has 39 heavy (non-hydrogen) atoms. The minimum Gasteiger partial charge on any atom is -0.392 e. The van der Waals surface area contributed by atoms with E-state index in [2.05, 4.69) is 15.3 Å². The van der Waals surface area contributed by atoms with Crippen molar-refractivity contribution >= 4 is 40.6 Å². The number of amides is 2. The number of benzene rings is 1. The van der Waals surface area contributed by atoms with Crippen LogP contribution in [-0.2, 0) is 24.4 Å². The first-order valence-electron chi connectivity index (χ1n) is 12.0. The van der Waals surface area contributed by atoms with Crippen molar-refractivity contribution in [3.63, 3.8) is 0 Å². The molecular formula is C27H25ClFN5O4S. The van der Waals surface area contributed by atoms with Crippen molar-refractivity contribution in [3.05, 3.63) is 86.5 Å². The van der Waals surface area contributed by atoms with E-state index in [1.54, 1.807) is 29.5 Å². The molecule has 4 aromatic rings. The molecule has 1 atom stereocenters. The predicted octanol–water partition coefficient (Wildman–Crippen LogP) is 4.52. The number of hydrogen-bond acceptors (Lipinski definition) is 7. The number of thiazole rings is 1. The number of fused-ring (bicyclic) bond motifs is 1. The van der Waals surface area contributed by atoms with Gasteiger partial charge in [-0.1, -0.05) is 17.7 Å². The number of rotatable bonds is 8. The van der Waals surface area contributed by atoms with Crippen LogP contribution in [0.5, 0.6) is 0 Å². The number of aliphatic hydroxyl groups excluding tert-OH is 1. The summed E-state index contributed by atoms with van der Waals surface area (Å²) in [4.78, 5) is 36.3. The summed E-state index contributed by atoms with van der Waals surface area (Å²) in [5.41, 5.74) is 3.07. The summed E-state index contributed by atoms with van der Waals surface area (Å²) in [5, 5.41) is 15.3. The van der Waals surface area contributed by atoms with Crippen LogP contribution in [0.1, 0.15) is 37.1 Å². The van der Waals surface area contributed by atoms with Gasteiger partial charge in [0.1, 0.15) is 23.0 Å². The van der Waals surface area contributed by atoms with Gasteiger partial charge in [-0.25, -0.2) is 14.4 Å². The lowest BCUT2D eigenvalue weighted by molar-refractivity contribution is 0.0386. The first-order valence-corrected chi connectivity index (χ1v) is 13.3. The fourth-order valence-corrected chi connectivity index (χ4v) is 5.42. The summed E-state index contributed by atoms with van der Waals surface area (Å²) < 4.78 is 21.2. The number of hydrogen-bond donors (Lipinski definition) is 2. The summed E-state index contributed by atoms with van der Waals surface area (Å²) in [6.45, 7) is 2.37. The number of aliphatic hydroxyl groups is 1. The Balaban J connectivity index is 1.45. The van der Waals surface area contributed by atoms with Gasteiger partial charge in [0.2, 0.25) is 0 Å². The number of nitrogens with zero attached hydrogens (tertiary/aromatic N) is 4. The molecule has 0 aliphatic carbocycles. The monoisotopic (exact) mass is 569 g/mol. The number of aryl methyl sites for hydroxylation is 1. The lowest BCUT2D eigenvalue weighted by atomic mass is 10.0. The van der Waals surface area contributed by atoms with Crippen molar-refractivity contribution in [2.24, 2.45) is 0 Å². The number of pyridine rings is 1. The third-order valence-corrected chi connectivity index (χ3v) is 7.60. The van der Waals surface area contributed by atoms with Crippen LogP contribution >= 0.6 is 22.9 Å². The smallest absolute Gasteiger partial charge is 0.276 e. The molecule has 5 rings (SSSR count). The molecular weight excluding hydrogens is 545 g/mol. The highest BCUT2D eigenvalue weighted by molar-refractivity contribution is 7.09. The summed E-state index contributed by atoms with van der Waals surface area (Å²) in [6, 6.07) is 7.19. The van der Waals surface area contributed by atoms with Gasteiger partial charge in [-0.2, -0.15) is 0 Å². The molecule has 1 aliphatic rings. The molecule has 9 nitrogen and oxygen atoms in total. The minimum absolute atomic E-state index is 0.114. The molecule has 12 heteroatoms. The number of halogens is 2. The fraction of sp³-hybridized carbons (Fsp3) is 0.259. The second kappa shape index (κ2) is 11.2. The largest absolute Gasteiger partial charge is 0.392 e. The molecule has 1 unspecified atom stereocenters. The summed E-state index contributed by atoms with van der Waals surface area (Å²) in [6.07, 6.45) is 3.27. The lowest BCUT2D eigenvalue weighted by Crippen LogP contribution is -2.49. The molecule has 4 heterocycles. The number of carbonyl (C=O) groups excluding carboxylic acids is 2. The van der Waals surface area contributed by atoms with Gasteiger partial charge in [0.15, 0.2) is 0 Å². The number of carbonyl (C=O) groups is 2. The molecule has 0 spiro atoms. The first kappa shape index (κ1) is 26.9. The molecule has 0 radical (unpaired) electrons. The number of anilines is 1. The maximum Gasteiger partial charge on any atom is 0.276 e. The quantitative estimate of drug-likeness (QED) is 0.323. The normalized spacial score (nSPS) is 14.9. The van der Waals surface area contributed by atoms with E-state index in [9.17, 15) is 19.1 Å². The Labute approximate surface area is 232 Å². The average molecular weight is 570 g/mol. The van der Waals surface area contributed by atoms with Crippen molar-refractivity contribution in [2.75, 3.05) is 19.0 Å². The van der Waals surface area contributed by atoms with Crippen LogP contribution in [0.4, 0.5) is 10.2 Å². The van der Waals surface area contributed by atoms with Crippen LogP contribution in [0.15, 0.2) is 48.1 Å². The van der Waals surface area contributed by atoms with Crippen LogP contribution in [-0.4, -0.2) is 56.1 Å². The maximum atomic E-state index is 14.0. The van der Waals surface area contributed by atoms with E-state index in [4.69, 9.17) is 16.3 Å². The lowest BCUT2D eigenvalue weighted by Gasteiger charge is -2.36. The van der Waals surface area contributed by atoms with Crippen LogP contribution in [0.2, 0.25) is 5.02 Å². The van der Waals surface area contributed by atoms with Gasteiger partial charge in [-0.05, 0) is 42.3 Å². The Bertz CT molecular complexity index is 1550. The first-order chi connectivity index (χ1) is 18.8. The third kappa shape index (κ3) is 5.57. The Morgan fingerprint density at radius 1 is 1.31 bits per heavy atom. The Kier molecular flexibility index (Phi) is 7.76. The predicted molar refractivity (Wildman–Crippen MR) is 145 cm³/mol. The van der Waals surface area contributed by atoms with E-state index in [1.807, 2.05) is 17.7 Å². The van der Waals surface area contributed by atoms with Gasteiger partial charge in [-0.15, -0.1) is 11.3 Å². The highest BCUT2D eigenvalue weighted by Crippen LogP contribution is 2.33. The minimum atomic E-state index is -0.444. The van der Waals surface area contributed by atoms with Gasteiger partial charge >= 0.3 is 0 Å². The van der Waals surface area contributed by atoms with E-state index >= 15 is 0 Å². The highest BCUT2D eigenvalue weighted by atomic mass is 35.5. The van der Waals surface area contributed by atoms with Crippen LogP contribution in [0.3, 0.4) is 0 Å². The number of ether oxygens (including phenoxy) is 1. The van der Waals surface area contributed by atoms with Crippen molar-refractivity contribution in [3.8, 4) is 11.1 Å². The summed E-state index contributed by atoms with van der Waals surface area (Å²) in [7, 11) is 1.56. The second-order valence-corrected chi connectivity index (χ2v) is 10.6. The second-order valence-electron chi connectivity index (χ2n) is 9.14. The number of aromatic nitrogens is 3. The number of methoxy groups -OCH3 is 1. The van der Waals surface area contributed by atoms with Gasteiger partial charge in [-0.3, -0.25) is 9.59 Å². The molecule has 2 amide bonds. The standard InChI is InChI=1S/C27H25ClFN5O4S/c1-15-31-23(14-39-15)26(36)32-25-7-21(22(28)8-30-25)18-6-24-27(37)34(20(13-38-2)11-33(24)9-18)10-17-5-19(29)4-3-16(17)12-35/h3-9,14,20,35H,10-13H2,1-2H3,(H,30,32,36). The molecule has 3 aromatic heterocycles. The van der Waals surface area contributed by atoms with E-state index in [0.29, 0.717) is 51.0 Å². The molecule has 0 saturated heterocycles. The van der Waals surface area contributed by atoms with E-state index in [1.165, 1.54) is 35.7 Å². The zero-order chi connectivity index (χ0) is 27.7.